The maximum atomic E-state index is 11.7. The van der Waals surface area contributed by atoms with E-state index >= 15 is 0 Å². The highest BCUT2D eigenvalue weighted by atomic mass is 16.2. The molecule has 0 radical (unpaired) electrons. The van der Waals surface area contributed by atoms with Gasteiger partial charge in [-0.05, 0) is 18.3 Å². The number of β-lactam (4-membered cyclic amide) rings is 1. The van der Waals surface area contributed by atoms with Gasteiger partial charge in [-0.25, -0.2) is 0 Å². The first-order valence-corrected chi connectivity index (χ1v) is 4.92. The smallest absolute Gasteiger partial charge is 0.228 e. The van der Waals surface area contributed by atoms with Gasteiger partial charge < -0.3 is 4.90 Å². The van der Waals surface area contributed by atoms with E-state index in [9.17, 15) is 4.79 Å². The van der Waals surface area contributed by atoms with Crippen LogP contribution < -0.4 is 0 Å². The first-order valence-electron chi connectivity index (χ1n) is 4.92. The minimum Gasteiger partial charge on any atom is -0.334 e. The molecule has 1 aliphatic heterocycles. The van der Waals surface area contributed by atoms with Crippen molar-refractivity contribution < 1.29 is 4.79 Å². The van der Waals surface area contributed by atoms with Crippen LogP contribution >= 0.6 is 0 Å². The average molecular weight is 175 g/mol. The van der Waals surface area contributed by atoms with Gasteiger partial charge in [-0.3, -0.25) is 4.79 Å². The Morgan fingerprint density at radius 1 is 1.54 bits per heavy atom. The molecule has 1 saturated carbocycles. The van der Waals surface area contributed by atoms with Crippen LogP contribution in [0.25, 0.3) is 0 Å². The van der Waals surface area contributed by atoms with Gasteiger partial charge in [0.2, 0.25) is 5.91 Å². The molecule has 0 unspecified atom stereocenters. The maximum absolute atomic E-state index is 11.7. The first kappa shape index (κ1) is 7.36. The number of carbonyl (C=O) groups excluding carboxylic acids is 1. The molecule has 2 nitrogen and oxygen atoms in total. The molecule has 2 aliphatic carbocycles. The van der Waals surface area contributed by atoms with Crippen molar-refractivity contribution in [3.63, 3.8) is 0 Å². The summed E-state index contributed by atoms with van der Waals surface area (Å²) < 4.78 is 0. The van der Waals surface area contributed by atoms with Gasteiger partial charge in [-0.2, -0.15) is 0 Å². The number of allylic oxidation sites excluding steroid dienone is 1. The Hall–Kier alpha value is -1.05. The molecule has 0 aromatic rings. The largest absolute Gasteiger partial charge is 0.334 e. The summed E-state index contributed by atoms with van der Waals surface area (Å²) in [4.78, 5) is 13.6. The Morgan fingerprint density at radius 3 is 3.08 bits per heavy atom. The summed E-state index contributed by atoms with van der Waals surface area (Å²) >= 11 is 0. The lowest BCUT2D eigenvalue weighted by atomic mass is 9.79. The number of amides is 1. The van der Waals surface area contributed by atoms with Crippen molar-refractivity contribution in [2.45, 2.75) is 12.5 Å². The summed E-state index contributed by atoms with van der Waals surface area (Å²) in [5.41, 5.74) is 0. The van der Waals surface area contributed by atoms with Crippen LogP contribution in [0.2, 0.25) is 0 Å². The molecule has 0 N–H and O–H groups in total. The highest BCUT2D eigenvalue weighted by molar-refractivity contribution is 5.88. The van der Waals surface area contributed by atoms with E-state index in [4.69, 9.17) is 0 Å². The Kier molecular flexibility index (Phi) is 1.27. The summed E-state index contributed by atoms with van der Waals surface area (Å²) in [6.45, 7) is 4.41. The summed E-state index contributed by atoms with van der Waals surface area (Å²) in [6.07, 6.45) is 7.54. The van der Waals surface area contributed by atoms with Crippen molar-refractivity contribution in [2.24, 2.45) is 17.8 Å². The van der Waals surface area contributed by atoms with Gasteiger partial charge in [0.25, 0.3) is 0 Å². The Morgan fingerprint density at radius 2 is 2.31 bits per heavy atom. The lowest BCUT2D eigenvalue weighted by Crippen LogP contribution is -2.62. The zero-order chi connectivity index (χ0) is 9.00. The molecule has 68 valence electrons. The van der Waals surface area contributed by atoms with E-state index in [0.717, 1.165) is 6.54 Å². The Balaban J connectivity index is 1.87. The van der Waals surface area contributed by atoms with Gasteiger partial charge in [-0.15, -0.1) is 6.58 Å². The zero-order valence-electron chi connectivity index (χ0n) is 7.52. The first-order chi connectivity index (χ1) is 6.33. The van der Waals surface area contributed by atoms with Gasteiger partial charge in [0.1, 0.15) is 0 Å². The molecule has 0 aromatic carbocycles. The summed E-state index contributed by atoms with van der Waals surface area (Å²) in [5, 5.41) is 0. The molecular formula is C11H13NO. The highest BCUT2D eigenvalue weighted by Gasteiger charge is 2.59. The second-order valence-corrected chi connectivity index (χ2v) is 4.24. The fraction of sp³-hybridized carbons (Fsp3) is 0.545. The average Bonchev–Trinajstić information content (AvgIpc) is 2.70. The van der Waals surface area contributed by atoms with Crippen molar-refractivity contribution in [2.75, 3.05) is 6.54 Å². The van der Waals surface area contributed by atoms with E-state index in [1.807, 2.05) is 11.0 Å². The molecule has 4 atom stereocenters. The second kappa shape index (κ2) is 2.25. The molecule has 0 spiro atoms. The third-order valence-corrected chi connectivity index (χ3v) is 3.67. The summed E-state index contributed by atoms with van der Waals surface area (Å²) in [5.74, 6) is 1.88. The molecule has 2 heteroatoms. The lowest BCUT2D eigenvalue weighted by molar-refractivity contribution is -0.155. The van der Waals surface area contributed by atoms with Crippen molar-refractivity contribution in [3.05, 3.63) is 24.8 Å². The molecule has 2 fully saturated rings. The number of rotatable bonds is 2. The molecule has 1 heterocycles. The normalized spacial score (nSPS) is 44.9. The summed E-state index contributed by atoms with van der Waals surface area (Å²) in [7, 11) is 0. The van der Waals surface area contributed by atoms with E-state index in [-0.39, 0.29) is 0 Å². The van der Waals surface area contributed by atoms with E-state index in [2.05, 4.69) is 18.7 Å². The van der Waals surface area contributed by atoms with Gasteiger partial charge in [0.15, 0.2) is 0 Å². The molecule has 1 saturated heterocycles. The van der Waals surface area contributed by atoms with E-state index in [1.165, 1.54) is 6.42 Å². The molecule has 3 rings (SSSR count). The van der Waals surface area contributed by atoms with Crippen LogP contribution in [0.15, 0.2) is 24.8 Å². The number of likely N-dealkylation sites (tertiary alicyclic amines) is 1. The molecule has 2 bridgehead atoms. The van der Waals surface area contributed by atoms with Crippen LogP contribution in [-0.4, -0.2) is 23.4 Å². The molecule has 0 aromatic heterocycles. The zero-order valence-corrected chi connectivity index (χ0v) is 7.52. The fourth-order valence-corrected chi connectivity index (χ4v) is 3.16. The van der Waals surface area contributed by atoms with E-state index in [0.29, 0.717) is 29.7 Å². The van der Waals surface area contributed by atoms with Crippen molar-refractivity contribution >= 4 is 5.91 Å². The molecular weight excluding hydrogens is 162 g/mol. The molecule has 13 heavy (non-hydrogen) atoms. The van der Waals surface area contributed by atoms with Crippen LogP contribution in [0.3, 0.4) is 0 Å². The van der Waals surface area contributed by atoms with Crippen molar-refractivity contribution in [1.82, 2.24) is 4.90 Å². The molecule has 3 aliphatic rings. The minimum atomic E-state index is 0.329. The third kappa shape index (κ3) is 0.718. The van der Waals surface area contributed by atoms with Gasteiger partial charge in [0, 0.05) is 6.54 Å². The standard InChI is InChI=1S/C11H13NO/c1-2-5-12-10-8-4-3-7(6-8)9(10)11(12)13/h2-4,7-10H,1,5-6H2/t7-,8+,9+,10-/m1/s1. The monoisotopic (exact) mass is 175 g/mol. The van der Waals surface area contributed by atoms with Gasteiger partial charge >= 0.3 is 0 Å². The van der Waals surface area contributed by atoms with Crippen LogP contribution in [0.4, 0.5) is 0 Å². The minimum absolute atomic E-state index is 0.329. The SMILES string of the molecule is C=CCN1C(=O)[C@@H]2[C@H]1[C@H]1C=C[C@@H]2C1. The number of carbonyl (C=O) groups is 1. The Bertz CT molecular complexity index is 307. The Labute approximate surface area is 77.9 Å². The number of hydrogen-bond acceptors (Lipinski definition) is 1. The van der Waals surface area contributed by atoms with Crippen LogP contribution in [0.1, 0.15) is 6.42 Å². The number of hydrogen-bond donors (Lipinski definition) is 0. The topological polar surface area (TPSA) is 20.3 Å². The predicted octanol–water partition coefficient (Wildman–Crippen LogP) is 1.21. The lowest BCUT2D eigenvalue weighted by Gasteiger charge is -2.47. The molecule has 1 amide bonds. The fourth-order valence-electron chi connectivity index (χ4n) is 3.16. The van der Waals surface area contributed by atoms with Crippen LogP contribution in [0.5, 0.6) is 0 Å². The maximum Gasteiger partial charge on any atom is 0.228 e. The second-order valence-electron chi connectivity index (χ2n) is 4.24. The van der Waals surface area contributed by atoms with Crippen molar-refractivity contribution in [1.29, 1.82) is 0 Å². The third-order valence-electron chi connectivity index (χ3n) is 3.67. The van der Waals surface area contributed by atoms with E-state index in [1.54, 1.807) is 0 Å². The number of nitrogens with zero attached hydrogens (tertiary/aromatic N) is 1. The van der Waals surface area contributed by atoms with Crippen LogP contribution in [-0.2, 0) is 4.79 Å². The van der Waals surface area contributed by atoms with Crippen molar-refractivity contribution in [3.8, 4) is 0 Å². The van der Waals surface area contributed by atoms with E-state index < -0.39 is 0 Å². The van der Waals surface area contributed by atoms with Gasteiger partial charge in [0.05, 0.1) is 12.0 Å². The van der Waals surface area contributed by atoms with Gasteiger partial charge in [-0.1, -0.05) is 18.2 Å². The highest BCUT2D eigenvalue weighted by Crippen LogP contribution is 2.52. The predicted molar refractivity (Wildman–Crippen MR) is 49.9 cm³/mol. The van der Waals surface area contributed by atoms with Crippen LogP contribution in [0, 0.1) is 17.8 Å². The summed E-state index contributed by atoms with van der Waals surface area (Å²) in [6, 6.07) is 0.514. The quantitative estimate of drug-likeness (QED) is 0.456. The number of fused-ring (bicyclic) bond motifs is 5.